The average molecular weight is 444 g/mol. The first-order chi connectivity index (χ1) is 15.4. The molecule has 172 valence electrons. The number of hydrogen-bond acceptors (Lipinski definition) is 7. The van der Waals surface area contributed by atoms with Gasteiger partial charge in [-0.1, -0.05) is 30.3 Å². The highest BCUT2D eigenvalue weighted by Gasteiger charge is 2.22. The van der Waals surface area contributed by atoms with Crippen molar-refractivity contribution in [3.8, 4) is 17.2 Å². The Morgan fingerprint density at radius 2 is 1.53 bits per heavy atom. The maximum Gasteiger partial charge on any atom is 0.328 e. The van der Waals surface area contributed by atoms with E-state index in [-0.39, 0.29) is 24.4 Å². The maximum absolute atomic E-state index is 12.5. The van der Waals surface area contributed by atoms with Crippen molar-refractivity contribution in [2.24, 2.45) is 0 Å². The van der Waals surface area contributed by atoms with Crippen LogP contribution in [0.4, 0.5) is 0 Å². The van der Waals surface area contributed by atoms with Crippen LogP contribution in [0.15, 0.2) is 42.5 Å². The second kappa shape index (κ2) is 12.2. The van der Waals surface area contributed by atoms with Crippen LogP contribution in [0, 0.1) is 0 Å². The summed E-state index contributed by atoms with van der Waals surface area (Å²) in [6, 6.07) is 11.5. The van der Waals surface area contributed by atoms with Crippen molar-refractivity contribution in [2.75, 3.05) is 35.0 Å². The summed E-state index contributed by atoms with van der Waals surface area (Å²) in [6.45, 7) is 0.0700. The molecule has 32 heavy (non-hydrogen) atoms. The van der Waals surface area contributed by atoms with Crippen LogP contribution in [-0.2, 0) is 20.7 Å². The molecule has 0 aromatic heterocycles. The second-order valence-corrected chi connectivity index (χ2v) is 6.75. The minimum Gasteiger partial charge on any atom is -0.493 e. The maximum atomic E-state index is 12.5. The SMILES string of the molecule is COC(=O)[C@H](Cc1ccccc1)NC(=O)CCNC(=O)c1cc(OC)c(OC)c(OC)c1. The predicted molar refractivity (Wildman–Crippen MR) is 117 cm³/mol. The minimum atomic E-state index is -0.819. The summed E-state index contributed by atoms with van der Waals surface area (Å²) >= 11 is 0. The zero-order valence-electron chi connectivity index (χ0n) is 18.6. The number of carbonyl (C=O) groups excluding carboxylic acids is 3. The molecule has 9 nitrogen and oxygen atoms in total. The smallest absolute Gasteiger partial charge is 0.328 e. The Kier molecular flexibility index (Phi) is 9.34. The predicted octanol–water partition coefficient (Wildman–Crippen LogP) is 1.73. The van der Waals surface area contributed by atoms with E-state index in [0.717, 1.165) is 5.56 Å². The second-order valence-electron chi connectivity index (χ2n) is 6.75. The molecule has 2 aromatic carbocycles. The lowest BCUT2D eigenvalue weighted by atomic mass is 10.1. The van der Waals surface area contributed by atoms with Gasteiger partial charge in [-0.15, -0.1) is 0 Å². The van der Waals surface area contributed by atoms with Gasteiger partial charge in [0.05, 0.1) is 28.4 Å². The Labute approximate surface area is 187 Å². The summed E-state index contributed by atoms with van der Waals surface area (Å²) in [5.41, 5.74) is 1.18. The Hall–Kier alpha value is -3.75. The highest BCUT2D eigenvalue weighted by atomic mass is 16.5. The van der Waals surface area contributed by atoms with E-state index >= 15 is 0 Å². The van der Waals surface area contributed by atoms with Gasteiger partial charge < -0.3 is 29.6 Å². The molecule has 2 rings (SSSR count). The van der Waals surface area contributed by atoms with Crippen molar-refractivity contribution in [2.45, 2.75) is 18.9 Å². The van der Waals surface area contributed by atoms with Gasteiger partial charge in [0.25, 0.3) is 5.91 Å². The summed E-state index contributed by atoms with van der Waals surface area (Å²) in [6.07, 6.45) is 0.287. The standard InChI is InChI=1S/C23H28N2O7/c1-29-18-13-16(14-19(30-2)21(18)31-3)22(27)24-11-10-20(26)25-17(23(28)32-4)12-15-8-6-5-7-9-15/h5-9,13-14,17H,10-12H2,1-4H3,(H,24,27)(H,25,26)/t17-/m0/s1. The van der Waals surface area contributed by atoms with Crippen molar-refractivity contribution >= 4 is 17.8 Å². The lowest BCUT2D eigenvalue weighted by Crippen LogP contribution is -2.44. The molecule has 0 saturated carbocycles. The summed E-state index contributed by atoms with van der Waals surface area (Å²) in [5.74, 6) is -0.276. The van der Waals surface area contributed by atoms with Gasteiger partial charge in [0.2, 0.25) is 11.7 Å². The van der Waals surface area contributed by atoms with Gasteiger partial charge >= 0.3 is 5.97 Å². The summed E-state index contributed by atoms with van der Waals surface area (Å²) in [5, 5.41) is 5.33. The van der Waals surface area contributed by atoms with E-state index in [0.29, 0.717) is 23.7 Å². The number of hydrogen-bond donors (Lipinski definition) is 2. The molecule has 0 aliphatic heterocycles. The molecule has 2 N–H and O–H groups in total. The average Bonchev–Trinajstić information content (AvgIpc) is 2.82. The number of carbonyl (C=O) groups is 3. The molecule has 0 fully saturated rings. The van der Waals surface area contributed by atoms with E-state index in [4.69, 9.17) is 18.9 Å². The van der Waals surface area contributed by atoms with E-state index in [1.807, 2.05) is 30.3 Å². The van der Waals surface area contributed by atoms with E-state index in [9.17, 15) is 14.4 Å². The Morgan fingerprint density at radius 3 is 2.06 bits per heavy atom. The molecule has 0 heterocycles. The Balaban J connectivity index is 1.95. The summed E-state index contributed by atoms with van der Waals surface area (Å²) in [7, 11) is 5.65. The fourth-order valence-corrected chi connectivity index (χ4v) is 3.06. The monoisotopic (exact) mass is 444 g/mol. The number of esters is 1. The molecule has 0 aliphatic rings. The van der Waals surface area contributed by atoms with Crippen molar-refractivity contribution in [1.29, 1.82) is 0 Å². The first-order valence-electron chi connectivity index (χ1n) is 9.92. The molecule has 0 saturated heterocycles. The molecule has 0 radical (unpaired) electrons. The van der Waals surface area contributed by atoms with Gasteiger partial charge in [-0.3, -0.25) is 9.59 Å². The minimum absolute atomic E-state index is 0.0154. The lowest BCUT2D eigenvalue weighted by molar-refractivity contribution is -0.145. The van der Waals surface area contributed by atoms with Gasteiger partial charge in [0.15, 0.2) is 11.5 Å². The number of ether oxygens (including phenoxy) is 4. The van der Waals surface area contributed by atoms with Gasteiger partial charge in [-0.2, -0.15) is 0 Å². The van der Waals surface area contributed by atoms with E-state index in [1.54, 1.807) is 0 Å². The summed E-state index contributed by atoms with van der Waals surface area (Å²) in [4.78, 5) is 36.9. The number of methoxy groups -OCH3 is 4. The zero-order valence-corrected chi connectivity index (χ0v) is 18.6. The van der Waals surface area contributed by atoms with Crippen LogP contribution in [0.3, 0.4) is 0 Å². The number of amides is 2. The highest BCUT2D eigenvalue weighted by molar-refractivity contribution is 5.96. The molecule has 9 heteroatoms. The van der Waals surface area contributed by atoms with Crippen LogP contribution in [0.25, 0.3) is 0 Å². The van der Waals surface area contributed by atoms with E-state index in [1.165, 1.54) is 40.6 Å². The molecule has 2 amide bonds. The Bertz CT molecular complexity index is 906. The van der Waals surface area contributed by atoms with Crippen LogP contribution in [0.2, 0.25) is 0 Å². The number of rotatable bonds is 11. The van der Waals surface area contributed by atoms with Crippen molar-refractivity contribution in [1.82, 2.24) is 10.6 Å². The van der Waals surface area contributed by atoms with Gasteiger partial charge in [0.1, 0.15) is 6.04 Å². The highest BCUT2D eigenvalue weighted by Crippen LogP contribution is 2.38. The van der Waals surface area contributed by atoms with E-state index < -0.39 is 17.9 Å². The zero-order chi connectivity index (χ0) is 23.5. The molecular weight excluding hydrogens is 416 g/mol. The molecule has 0 aliphatic carbocycles. The van der Waals surface area contributed by atoms with Crippen LogP contribution >= 0.6 is 0 Å². The van der Waals surface area contributed by atoms with Crippen LogP contribution in [0.5, 0.6) is 17.2 Å². The van der Waals surface area contributed by atoms with Gasteiger partial charge in [0, 0.05) is 24.9 Å². The van der Waals surface area contributed by atoms with Crippen LogP contribution < -0.4 is 24.8 Å². The van der Waals surface area contributed by atoms with Crippen LogP contribution in [0.1, 0.15) is 22.3 Å². The van der Waals surface area contributed by atoms with Gasteiger partial charge in [-0.25, -0.2) is 4.79 Å². The molecular formula is C23H28N2O7. The van der Waals surface area contributed by atoms with Crippen LogP contribution in [-0.4, -0.2) is 58.8 Å². The molecule has 0 spiro atoms. The lowest BCUT2D eigenvalue weighted by Gasteiger charge is -2.17. The number of nitrogens with one attached hydrogen (secondary N) is 2. The fraction of sp³-hybridized carbons (Fsp3) is 0.348. The topological polar surface area (TPSA) is 112 Å². The van der Waals surface area contributed by atoms with Crippen molar-refractivity contribution < 1.29 is 33.3 Å². The fourth-order valence-electron chi connectivity index (χ4n) is 3.06. The third-order valence-electron chi connectivity index (χ3n) is 4.67. The first-order valence-corrected chi connectivity index (χ1v) is 9.92. The third kappa shape index (κ3) is 6.63. The molecule has 0 unspecified atom stereocenters. The number of benzene rings is 2. The first kappa shape index (κ1) is 24.5. The summed E-state index contributed by atoms with van der Waals surface area (Å²) < 4.78 is 20.5. The molecule has 0 bridgehead atoms. The normalized spacial score (nSPS) is 11.1. The molecule has 2 aromatic rings. The largest absolute Gasteiger partial charge is 0.493 e. The van der Waals surface area contributed by atoms with Gasteiger partial charge in [-0.05, 0) is 17.7 Å². The van der Waals surface area contributed by atoms with Crippen molar-refractivity contribution in [3.05, 3.63) is 53.6 Å². The third-order valence-corrected chi connectivity index (χ3v) is 4.67. The Morgan fingerprint density at radius 1 is 0.906 bits per heavy atom. The van der Waals surface area contributed by atoms with E-state index in [2.05, 4.69) is 10.6 Å². The quantitative estimate of drug-likeness (QED) is 0.508. The molecule has 1 atom stereocenters. The van der Waals surface area contributed by atoms with Crippen molar-refractivity contribution in [3.63, 3.8) is 0 Å².